The molecule has 0 saturated carbocycles. The van der Waals surface area contributed by atoms with E-state index < -0.39 is 23.9 Å². The third-order valence-electron chi connectivity index (χ3n) is 6.26. The number of amides is 1. The van der Waals surface area contributed by atoms with Gasteiger partial charge >= 0.3 is 11.9 Å². The first-order chi connectivity index (χ1) is 20.0. The van der Waals surface area contributed by atoms with Crippen LogP contribution in [0, 0.1) is 0 Å². The summed E-state index contributed by atoms with van der Waals surface area (Å²) >= 11 is 0. The Morgan fingerprint density at radius 3 is 1.85 bits per heavy atom. The Morgan fingerprint density at radius 1 is 0.634 bits per heavy atom. The molecule has 0 aliphatic rings. The van der Waals surface area contributed by atoms with Gasteiger partial charge in [-0.3, -0.25) is 4.79 Å². The highest BCUT2D eigenvalue weighted by molar-refractivity contribution is 5.99. The van der Waals surface area contributed by atoms with E-state index in [4.69, 9.17) is 18.9 Å². The summed E-state index contributed by atoms with van der Waals surface area (Å²) < 4.78 is 21.9. The van der Waals surface area contributed by atoms with Gasteiger partial charge in [0.2, 0.25) is 0 Å². The van der Waals surface area contributed by atoms with Crippen LogP contribution in [0.25, 0.3) is 0 Å². The van der Waals surface area contributed by atoms with E-state index in [1.807, 2.05) is 66.7 Å². The van der Waals surface area contributed by atoms with Crippen molar-refractivity contribution in [3.63, 3.8) is 0 Å². The summed E-state index contributed by atoms with van der Waals surface area (Å²) in [6, 6.07) is 30.0. The molecule has 0 saturated heterocycles. The van der Waals surface area contributed by atoms with E-state index in [0.29, 0.717) is 24.7 Å². The van der Waals surface area contributed by atoms with Crippen LogP contribution in [0.5, 0.6) is 11.5 Å². The number of rotatable bonds is 12. The van der Waals surface area contributed by atoms with Crippen LogP contribution in [0.15, 0.2) is 103 Å². The number of benzene rings is 4. The average molecular weight is 554 g/mol. The van der Waals surface area contributed by atoms with Crippen LogP contribution in [0.4, 0.5) is 0 Å². The molecule has 4 aromatic rings. The average Bonchev–Trinajstić information content (AvgIpc) is 3.03. The summed E-state index contributed by atoms with van der Waals surface area (Å²) in [7, 11) is 2.52. The Kier molecular flexibility index (Phi) is 10.1. The normalized spacial score (nSPS) is 11.2. The van der Waals surface area contributed by atoms with Crippen molar-refractivity contribution in [3.05, 3.63) is 131 Å². The molecule has 0 heterocycles. The fourth-order valence-corrected chi connectivity index (χ4v) is 4.10. The standard InChI is InChI=1S/C33H31NO7/c1-38-32(36)27-15-9-14-26(20-27)31(35)34-28(33(37)39-2)18-25-16-17-29(40-21-23-10-5-3-6-11-23)30(19-25)41-22-24-12-7-4-8-13-24/h3-17,19-20,28H,18,21-22H2,1-2H3,(H,34,35)/t28-/m1/s1. The SMILES string of the molecule is COC(=O)c1cccc(C(=O)N[C@H](Cc2ccc(OCc3ccccc3)c(OCc3ccccc3)c2)C(=O)OC)c1. The van der Waals surface area contributed by atoms with Crippen LogP contribution in [0.1, 0.15) is 37.4 Å². The van der Waals surface area contributed by atoms with Crippen LogP contribution in [-0.4, -0.2) is 38.1 Å². The molecule has 0 fully saturated rings. The van der Waals surface area contributed by atoms with E-state index in [2.05, 4.69) is 5.32 Å². The molecule has 0 radical (unpaired) electrons. The highest BCUT2D eigenvalue weighted by Crippen LogP contribution is 2.31. The van der Waals surface area contributed by atoms with Crippen molar-refractivity contribution in [1.82, 2.24) is 5.32 Å². The minimum absolute atomic E-state index is 0.135. The zero-order chi connectivity index (χ0) is 29.0. The second-order valence-corrected chi connectivity index (χ2v) is 9.16. The first kappa shape index (κ1) is 28.9. The van der Waals surface area contributed by atoms with E-state index in [9.17, 15) is 14.4 Å². The zero-order valence-corrected chi connectivity index (χ0v) is 22.9. The van der Waals surface area contributed by atoms with E-state index in [1.54, 1.807) is 30.3 Å². The quantitative estimate of drug-likeness (QED) is 0.242. The van der Waals surface area contributed by atoms with Crippen molar-refractivity contribution in [1.29, 1.82) is 0 Å². The number of methoxy groups -OCH3 is 2. The Hall–Kier alpha value is -5.11. The number of ether oxygens (including phenoxy) is 4. The third-order valence-corrected chi connectivity index (χ3v) is 6.26. The highest BCUT2D eigenvalue weighted by atomic mass is 16.5. The molecule has 0 unspecified atom stereocenters. The molecule has 0 aliphatic carbocycles. The zero-order valence-electron chi connectivity index (χ0n) is 22.9. The van der Waals surface area contributed by atoms with Crippen molar-refractivity contribution in [3.8, 4) is 11.5 Å². The topological polar surface area (TPSA) is 100 Å². The number of carbonyl (C=O) groups excluding carboxylic acids is 3. The van der Waals surface area contributed by atoms with Crippen LogP contribution in [0.3, 0.4) is 0 Å². The van der Waals surface area contributed by atoms with Gasteiger partial charge in [0, 0.05) is 12.0 Å². The molecule has 0 bridgehead atoms. The van der Waals surface area contributed by atoms with Crippen molar-refractivity contribution < 1.29 is 33.3 Å². The van der Waals surface area contributed by atoms with Gasteiger partial charge in [-0.15, -0.1) is 0 Å². The Bertz CT molecular complexity index is 1470. The van der Waals surface area contributed by atoms with Crippen molar-refractivity contribution in [2.24, 2.45) is 0 Å². The second kappa shape index (κ2) is 14.3. The predicted octanol–water partition coefficient (Wildman–Crippen LogP) is 5.15. The molecule has 0 aliphatic heterocycles. The highest BCUT2D eigenvalue weighted by Gasteiger charge is 2.24. The lowest BCUT2D eigenvalue weighted by atomic mass is 10.0. The van der Waals surface area contributed by atoms with E-state index in [-0.39, 0.29) is 17.5 Å². The minimum Gasteiger partial charge on any atom is -0.485 e. The molecule has 1 amide bonds. The summed E-state index contributed by atoms with van der Waals surface area (Å²) in [6.07, 6.45) is 0.135. The molecular weight excluding hydrogens is 522 g/mol. The summed E-state index contributed by atoms with van der Waals surface area (Å²) in [6.45, 7) is 0.674. The maximum absolute atomic E-state index is 13.0. The summed E-state index contributed by atoms with van der Waals surface area (Å²) in [5.41, 5.74) is 3.15. The molecule has 1 atom stereocenters. The van der Waals surface area contributed by atoms with Gasteiger partial charge in [0.05, 0.1) is 19.8 Å². The second-order valence-electron chi connectivity index (χ2n) is 9.16. The summed E-state index contributed by atoms with van der Waals surface area (Å²) in [5, 5.41) is 2.72. The molecule has 8 nitrogen and oxygen atoms in total. The number of hydrogen-bond acceptors (Lipinski definition) is 7. The van der Waals surface area contributed by atoms with Crippen LogP contribution in [-0.2, 0) is 33.9 Å². The van der Waals surface area contributed by atoms with Gasteiger partial charge in [0.25, 0.3) is 5.91 Å². The molecule has 8 heteroatoms. The van der Waals surface area contributed by atoms with Gasteiger partial charge in [0.1, 0.15) is 19.3 Å². The van der Waals surface area contributed by atoms with Gasteiger partial charge < -0.3 is 24.3 Å². The fourth-order valence-electron chi connectivity index (χ4n) is 4.10. The molecule has 210 valence electrons. The largest absolute Gasteiger partial charge is 0.485 e. The number of hydrogen-bond donors (Lipinski definition) is 1. The van der Waals surface area contributed by atoms with Crippen LogP contribution < -0.4 is 14.8 Å². The Labute approximate surface area is 238 Å². The van der Waals surface area contributed by atoms with Gasteiger partial charge in [-0.05, 0) is 47.0 Å². The van der Waals surface area contributed by atoms with Gasteiger partial charge in [-0.25, -0.2) is 9.59 Å². The van der Waals surface area contributed by atoms with E-state index >= 15 is 0 Å². The summed E-state index contributed by atoms with van der Waals surface area (Å²) in [5.74, 6) is -0.662. The van der Waals surface area contributed by atoms with Gasteiger partial charge in [0.15, 0.2) is 11.5 Å². The van der Waals surface area contributed by atoms with Gasteiger partial charge in [-0.1, -0.05) is 72.8 Å². The molecule has 4 rings (SSSR count). The lowest BCUT2D eigenvalue weighted by molar-refractivity contribution is -0.142. The van der Waals surface area contributed by atoms with Crippen molar-refractivity contribution >= 4 is 17.8 Å². The monoisotopic (exact) mass is 553 g/mol. The van der Waals surface area contributed by atoms with Gasteiger partial charge in [-0.2, -0.15) is 0 Å². The number of nitrogens with one attached hydrogen (secondary N) is 1. The van der Waals surface area contributed by atoms with Crippen molar-refractivity contribution in [2.45, 2.75) is 25.7 Å². The molecule has 41 heavy (non-hydrogen) atoms. The fraction of sp³-hybridized carbons (Fsp3) is 0.182. The Morgan fingerprint density at radius 2 is 1.24 bits per heavy atom. The minimum atomic E-state index is -0.993. The molecular formula is C33H31NO7. The van der Waals surface area contributed by atoms with E-state index in [1.165, 1.54) is 20.3 Å². The first-order valence-corrected chi connectivity index (χ1v) is 13.0. The first-order valence-electron chi connectivity index (χ1n) is 13.0. The predicted molar refractivity (Wildman–Crippen MR) is 153 cm³/mol. The Balaban J connectivity index is 1.54. The summed E-state index contributed by atoms with van der Waals surface area (Å²) in [4.78, 5) is 37.6. The maximum atomic E-state index is 13.0. The number of esters is 2. The molecule has 0 spiro atoms. The lowest BCUT2D eigenvalue weighted by Crippen LogP contribution is -2.43. The third kappa shape index (κ3) is 8.19. The van der Waals surface area contributed by atoms with E-state index in [0.717, 1.165) is 16.7 Å². The smallest absolute Gasteiger partial charge is 0.337 e. The van der Waals surface area contributed by atoms with Crippen LogP contribution >= 0.6 is 0 Å². The van der Waals surface area contributed by atoms with Crippen LogP contribution in [0.2, 0.25) is 0 Å². The number of carbonyl (C=O) groups is 3. The molecule has 4 aromatic carbocycles. The molecule has 0 aromatic heterocycles. The van der Waals surface area contributed by atoms with Crippen molar-refractivity contribution in [2.75, 3.05) is 14.2 Å². The maximum Gasteiger partial charge on any atom is 0.337 e. The lowest BCUT2D eigenvalue weighted by Gasteiger charge is -2.19. The molecule has 1 N–H and O–H groups in total.